The van der Waals surface area contributed by atoms with Gasteiger partial charge in [-0.25, -0.2) is 0 Å². The van der Waals surface area contributed by atoms with E-state index in [1.807, 2.05) is 24.4 Å². The van der Waals surface area contributed by atoms with E-state index in [9.17, 15) is 10.2 Å². The van der Waals surface area contributed by atoms with E-state index in [0.29, 0.717) is 5.56 Å². The molecule has 0 fully saturated rings. The first kappa shape index (κ1) is 11.2. The van der Waals surface area contributed by atoms with Crippen LogP contribution in [0, 0.1) is 0 Å². The molecule has 18 heavy (non-hydrogen) atoms. The molecule has 4 heteroatoms. The fraction of sp³-hybridized carbons (Fsp3) is 0. The Bertz CT molecular complexity index is 734. The lowest BCUT2D eigenvalue weighted by atomic mass is 10.0. The molecule has 2 aromatic carbocycles. The molecule has 0 aliphatic carbocycles. The van der Waals surface area contributed by atoms with Crippen molar-refractivity contribution in [3.05, 3.63) is 47.1 Å². The molecule has 0 aliphatic rings. The zero-order valence-corrected chi connectivity index (χ0v) is 10.9. The second-order valence-corrected chi connectivity index (χ2v) is 5.01. The molecule has 3 nitrogen and oxygen atoms in total. The van der Waals surface area contributed by atoms with Crippen molar-refractivity contribution in [2.75, 3.05) is 0 Å². The van der Waals surface area contributed by atoms with Crippen molar-refractivity contribution in [2.45, 2.75) is 0 Å². The van der Waals surface area contributed by atoms with E-state index < -0.39 is 0 Å². The van der Waals surface area contributed by atoms with E-state index in [1.54, 1.807) is 6.07 Å². The summed E-state index contributed by atoms with van der Waals surface area (Å²) in [7, 11) is 0. The molecule has 0 saturated carbocycles. The number of hydrogen-bond donors (Lipinski definition) is 3. The number of benzene rings is 2. The predicted molar refractivity (Wildman–Crippen MR) is 74.8 cm³/mol. The Labute approximate surface area is 112 Å². The Hall–Kier alpha value is -1.94. The van der Waals surface area contributed by atoms with Crippen molar-refractivity contribution in [2.24, 2.45) is 0 Å². The largest absolute Gasteiger partial charge is 0.508 e. The van der Waals surface area contributed by atoms with Crippen LogP contribution in [0.25, 0.3) is 22.0 Å². The van der Waals surface area contributed by atoms with E-state index in [0.717, 1.165) is 20.9 Å². The normalized spacial score (nSPS) is 10.9. The van der Waals surface area contributed by atoms with Gasteiger partial charge in [0, 0.05) is 32.7 Å². The maximum Gasteiger partial charge on any atom is 0.123 e. The smallest absolute Gasteiger partial charge is 0.123 e. The SMILES string of the molecule is Oc1ccc(O)c(-c2c[nH]c3ccc(Br)cc23)c1. The summed E-state index contributed by atoms with van der Waals surface area (Å²) in [6, 6.07) is 10.4. The number of aromatic amines is 1. The average Bonchev–Trinajstić information content (AvgIpc) is 2.75. The topological polar surface area (TPSA) is 56.2 Å². The van der Waals surface area contributed by atoms with Crippen molar-refractivity contribution < 1.29 is 10.2 Å². The number of halogens is 1. The zero-order chi connectivity index (χ0) is 12.7. The van der Waals surface area contributed by atoms with Gasteiger partial charge in [-0.2, -0.15) is 0 Å². The van der Waals surface area contributed by atoms with Crippen molar-refractivity contribution in [1.29, 1.82) is 0 Å². The number of nitrogens with one attached hydrogen (secondary N) is 1. The molecule has 0 bridgehead atoms. The maximum atomic E-state index is 9.90. The molecule has 0 atom stereocenters. The van der Waals surface area contributed by atoms with E-state index in [1.165, 1.54) is 12.1 Å². The monoisotopic (exact) mass is 303 g/mol. The summed E-state index contributed by atoms with van der Waals surface area (Å²) in [5.74, 6) is 0.279. The van der Waals surface area contributed by atoms with Gasteiger partial charge in [0.05, 0.1) is 0 Å². The maximum absolute atomic E-state index is 9.90. The van der Waals surface area contributed by atoms with Crippen LogP contribution in [-0.4, -0.2) is 15.2 Å². The fourth-order valence-corrected chi connectivity index (χ4v) is 2.42. The van der Waals surface area contributed by atoms with Crippen LogP contribution in [0.15, 0.2) is 47.1 Å². The molecule has 3 N–H and O–H groups in total. The Morgan fingerprint density at radius 1 is 0.944 bits per heavy atom. The molecule has 0 aliphatic heterocycles. The quantitative estimate of drug-likeness (QED) is 0.595. The highest BCUT2D eigenvalue weighted by Gasteiger charge is 2.11. The van der Waals surface area contributed by atoms with Crippen molar-refractivity contribution in [3.63, 3.8) is 0 Å². The van der Waals surface area contributed by atoms with Crippen LogP contribution in [0.1, 0.15) is 0 Å². The van der Waals surface area contributed by atoms with Gasteiger partial charge in [0.15, 0.2) is 0 Å². The van der Waals surface area contributed by atoms with Gasteiger partial charge in [-0.3, -0.25) is 0 Å². The summed E-state index contributed by atoms with van der Waals surface area (Å²) in [6.45, 7) is 0. The first-order chi connectivity index (χ1) is 8.65. The molecule has 1 heterocycles. The third-order valence-corrected chi connectivity index (χ3v) is 3.41. The Morgan fingerprint density at radius 3 is 2.61 bits per heavy atom. The van der Waals surface area contributed by atoms with Gasteiger partial charge in [0.25, 0.3) is 0 Å². The third kappa shape index (κ3) is 1.75. The molecule has 0 amide bonds. The minimum Gasteiger partial charge on any atom is -0.508 e. The second-order valence-electron chi connectivity index (χ2n) is 4.09. The number of hydrogen-bond acceptors (Lipinski definition) is 2. The van der Waals surface area contributed by atoms with Crippen LogP contribution < -0.4 is 0 Å². The van der Waals surface area contributed by atoms with Crippen LogP contribution in [0.3, 0.4) is 0 Å². The summed E-state index contributed by atoms with van der Waals surface area (Å²) < 4.78 is 0.968. The van der Waals surface area contributed by atoms with Crippen LogP contribution in [0.2, 0.25) is 0 Å². The Morgan fingerprint density at radius 2 is 1.78 bits per heavy atom. The van der Waals surface area contributed by atoms with Crippen LogP contribution in [-0.2, 0) is 0 Å². The molecular weight excluding hydrogens is 294 g/mol. The molecule has 0 unspecified atom stereocenters. The van der Waals surface area contributed by atoms with Crippen molar-refractivity contribution in [3.8, 4) is 22.6 Å². The number of H-pyrrole nitrogens is 1. The summed E-state index contributed by atoms with van der Waals surface area (Å²) in [6.07, 6.45) is 1.82. The number of phenolic OH excluding ortho intramolecular Hbond substituents is 2. The lowest BCUT2D eigenvalue weighted by Crippen LogP contribution is -1.78. The summed E-state index contributed by atoms with van der Waals surface area (Å²) >= 11 is 3.43. The minimum absolute atomic E-state index is 0.132. The van der Waals surface area contributed by atoms with Gasteiger partial charge >= 0.3 is 0 Å². The predicted octanol–water partition coefficient (Wildman–Crippen LogP) is 4.01. The third-order valence-electron chi connectivity index (χ3n) is 2.91. The van der Waals surface area contributed by atoms with Gasteiger partial charge in [0.1, 0.15) is 11.5 Å². The molecular formula is C14H10BrNO2. The van der Waals surface area contributed by atoms with Crippen LogP contribution >= 0.6 is 15.9 Å². The van der Waals surface area contributed by atoms with E-state index >= 15 is 0 Å². The fourth-order valence-electron chi connectivity index (χ4n) is 2.06. The second kappa shape index (κ2) is 4.07. The molecule has 0 radical (unpaired) electrons. The lowest BCUT2D eigenvalue weighted by molar-refractivity contribution is 0.462. The molecule has 90 valence electrons. The van der Waals surface area contributed by atoms with Crippen LogP contribution in [0.4, 0.5) is 0 Å². The Balaban J connectivity index is 2.31. The highest BCUT2D eigenvalue weighted by Crippen LogP contribution is 2.37. The number of rotatable bonds is 1. The average molecular weight is 304 g/mol. The van der Waals surface area contributed by atoms with E-state index in [4.69, 9.17) is 0 Å². The van der Waals surface area contributed by atoms with Gasteiger partial charge < -0.3 is 15.2 Å². The van der Waals surface area contributed by atoms with E-state index in [2.05, 4.69) is 20.9 Å². The summed E-state index contributed by atoms with van der Waals surface area (Å²) in [5, 5.41) is 20.4. The molecule has 0 spiro atoms. The summed E-state index contributed by atoms with van der Waals surface area (Å²) in [4.78, 5) is 3.15. The van der Waals surface area contributed by atoms with Crippen LogP contribution in [0.5, 0.6) is 11.5 Å². The molecule has 3 aromatic rings. The minimum atomic E-state index is 0.132. The first-order valence-corrected chi connectivity index (χ1v) is 6.23. The molecule has 3 rings (SSSR count). The highest BCUT2D eigenvalue weighted by atomic mass is 79.9. The van der Waals surface area contributed by atoms with Gasteiger partial charge in [-0.05, 0) is 36.4 Å². The van der Waals surface area contributed by atoms with Crippen molar-refractivity contribution >= 4 is 26.8 Å². The van der Waals surface area contributed by atoms with Crippen molar-refractivity contribution in [1.82, 2.24) is 4.98 Å². The standard InChI is InChI=1S/C14H10BrNO2/c15-8-1-3-13-10(5-8)12(7-16-13)11-6-9(17)2-4-14(11)18/h1-7,16-18H. The first-order valence-electron chi connectivity index (χ1n) is 5.44. The van der Waals surface area contributed by atoms with Gasteiger partial charge in [-0.15, -0.1) is 0 Å². The molecule has 1 aromatic heterocycles. The van der Waals surface area contributed by atoms with Gasteiger partial charge in [0.2, 0.25) is 0 Å². The molecule has 0 saturated heterocycles. The number of aromatic hydroxyl groups is 2. The number of fused-ring (bicyclic) bond motifs is 1. The number of phenols is 2. The number of aromatic nitrogens is 1. The van der Waals surface area contributed by atoms with E-state index in [-0.39, 0.29) is 11.5 Å². The highest BCUT2D eigenvalue weighted by molar-refractivity contribution is 9.10. The zero-order valence-electron chi connectivity index (χ0n) is 9.31. The summed E-state index contributed by atoms with van der Waals surface area (Å²) in [5.41, 5.74) is 2.45. The Kier molecular flexibility index (Phi) is 2.52. The van der Waals surface area contributed by atoms with Gasteiger partial charge in [-0.1, -0.05) is 15.9 Å². The lowest BCUT2D eigenvalue weighted by Gasteiger charge is -2.04.